The fraction of sp³-hybridized carbons (Fsp3) is 0.438. The summed E-state index contributed by atoms with van der Waals surface area (Å²) in [5, 5.41) is 0. The SMILES string of the molecule is C=C(C)C(=O)OC1(C2=CC=CCC2=C)CCCC1. The third-order valence-electron chi connectivity index (χ3n) is 3.68. The average molecular weight is 244 g/mol. The van der Waals surface area contributed by atoms with Crippen LogP contribution in [-0.4, -0.2) is 11.6 Å². The monoisotopic (exact) mass is 244 g/mol. The first-order chi connectivity index (χ1) is 8.55. The van der Waals surface area contributed by atoms with Gasteiger partial charge < -0.3 is 4.74 Å². The molecule has 2 aliphatic rings. The van der Waals surface area contributed by atoms with Crippen LogP contribution < -0.4 is 0 Å². The largest absolute Gasteiger partial charge is 0.451 e. The third kappa shape index (κ3) is 2.33. The van der Waals surface area contributed by atoms with E-state index in [1.165, 1.54) is 0 Å². The van der Waals surface area contributed by atoms with Crippen LogP contribution in [-0.2, 0) is 9.53 Å². The van der Waals surface area contributed by atoms with E-state index < -0.39 is 5.60 Å². The van der Waals surface area contributed by atoms with Gasteiger partial charge in [-0.05, 0) is 50.2 Å². The van der Waals surface area contributed by atoms with Crippen LogP contribution in [0, 0.1) is 0 Å². The quantitative estimate of drug-likeness (QED) is 0.556. The normalized spacial score (nSPS) is 21.6. The average Bonchev–Trinajstić information content (AvgIpc) is 2.79. The first-order valence-electron chi connectivity index (χ1n) is 6.49. The zero-order valence-electron chi connectivity index (χ0n) is 11.0. The molecule has 18 heavy (non-hydrogen) atoms. The molecule has 0 aromatic rings. The van der Waals surface area contributed by atoms with Gasteiger partial charge >= 0.3 is 5.97 Å². The molecule has 0 spiro atoms. The molecule has 0 aromatic heterocycles. The van der Waals surface area contributed by atoms with Gasteiger partial charge in [-0.3, -0.25) is 0 Å². The van der Waals surface area contributed by atoms with Crippen molar-refractivity contribution in [2.45, 2.75) is 44.6 Å². The molecule has 0 bridgehead atoms. The summed E-state index contributed by atoms with van der Waals surface area (Å²) >= 11 is 0. The molecule has 0 aliphatic heterocycles. The molecule has 2 rings (SSSR count). The second-order valence-corrected chi connectivity index (χ2v) is 5.19. The van der Waals surface area contributed by atoms with Crippen molar-refractivity contribution in [3.05, 3.63) is 48.1 Å². The molecule has 1 fully saturated rings. The molecule has 2 nitrogen and oxygen atoms in total. The zero-order valence-corrected chi connectivity index (χ0v) is 11.0. The van der Waals surface area contributed by atoms with E-state index in [1.54, 1.807) is 6.92 Å². The summed E-state index contributed by atoms with van der Waals surface area (Å²) in [5.41, 5.74) is 2.16. The van der Waals surface area contributed by atoms with Crippen molar-refractivity contribution < 1.29 is 9.53 Å². The standard InChI is InChI=1S/C16H20O2/c1-12(2)15(17)18-16(10-6-7-11-16)14-9-5-4-8-13(14)3/h4-5,9H,1,3,6-8,10-11H2,2H3. The summed E-state index contributed by atoms with van der Waals surface area (Å²) < 4.78 is 5.77. The lowest BCUT2D eigenvalue weighted by molar-refractivity contribution is -0.150. The minimum Gasteiger partial charge on any atom is -0.451 e. The minimum atomic E-state index is -0.460. The second-order valence-electron chi connectivity index (χ2n) is 5.19. The highest BCUT2D eigenvalue weighted by Crippen LogP contribution is 2.43. The Balaban J connectivity index is 2.29. The van der Waals surface area contributed by atoms with Crippen molar-refractivity contribution in [2.24, 2.45) is 0 Å². The molecule has 0 N–H and O–H groups in total. The number of carbonyl (C=O) groups excluding carboxylic acids is 1. The summed E-state index contributed by atoms with van der Waals surface area (Å²) in [6, 6.07) is 0. The molecule has 96 valence electrons. The van der Waals surface area contributed by atoms with E-state index in [2.05, 4.69) is 19.2 Å². The predicted molar refractivity (Wildman–Crippen MR) is 73.1 cm³/mol. The lowest BCUT2D eigenvalue weighted by Crippen LogP contribution is -2.35. The molecule has 0 aromatic carbocycles. The van der Waals surface area contributed by atoms with Gasteiger partial charge in [-0.15, -0.1) is 0 Å². The fourth-order valence-electron chi connectivity index (χ4n) is 2.71. The van der Waals surface area contributed by atoms with Gasteiger partial charge in [0.05, 0.1) is 0 Å². The van der Waals surface area contributed by atoms with E-state index in [0.29, 0.717) is 5.57 Å². The van der Waals surface area contributed by atoms with Crippen LogP contribution in [0.4, 0.5) is 0 Å². The highest BCUT2D eigenvalue weighted by molar-refractivity contribution is 5.87. The Hall–Kier alpha value is -1.57. The highest BCUT2D eigenvalue weighted by Gasteiger charge is 2.42. The molecular weight excluding hydrogens is 224 g/mol. The lowest BCUT2D eigenvalue weighted by atomic mass is 9.83. The first kappa shape index (κ1) is 12.9. The Morgan fingerprint density at radius 2 is 2.06 bits per heavy atom. The third-order valence-corrected chi connectivity index (χ3v) is 3.68. The summed E-state index contributed by atoms with van der Waals surface area (Å²) in [5.74, 6) is -0.292. The van der Waals surface area contributed by atoms with E-state index in [-0.39, 0.29) is 5.97 Å². The second kappa shape index (κ2) is 4.97. The smallest absolute Gasteiger partial charge is 0.333 e. The molecular formula is C16H20O2. The van der Waals surface area contributed by atoms with Crippen LogP contribution in [0.15, 0.2) is 48.1 Å². The van der Waals surface area contributed by atoms with Crippen molar-refractivity contribution >= 4 is 5.97 Å². The van der Waals surface area contributed by atoms with Gasteiger partial charge in [-0.25, -0.2) is 4.79 Å². The number of allylic oxidation sites excluding steroid dienone is 3. The molecule has 0 amide bonds. The van der Waals surface area contributed by atoms with Crippen molar-refractivity contribution in [3.8, 4) is 0 Å². The van der Waals surface area contributed by atoms with E-state index >= 15 is 0 Å². The molecule has 0 atom stereocenters. The van der Waals surface area contributed by atoms with E-state index in [0.717, 1.165) is 43.3 Å². The molecule has 1 saturated carbocycles. The Morgan fingerprint density at radius 1 is 1.39 bits per heavy atom. The summed E-state index contributed by atoms with van der Waals surface area (Å²) in [7, 11) is 0. The molecule has 0 radical (unpaired) electrons. The number of rotatable bonds is 3. The van der Waals surface area contributed by atoms with Gasteiger partial charge in [0.25, 0.3) is 0 Å². The summed E-state index contributed by atoms with van der Waals surface area (Å²) in [6.07, 6.45) is 11.0. The zero-order chi connectivity index (χ0) is 13.2. The van der Waals surface area contributed by atoms with Gasteiger partial charge in [0, 0.05) is 5.57 Å². The van der Waals surface area contributed by atoms with Crippen molar-refractivity contribution in [1.29, 1.82) is 0 Å². The fourth-order valence-corrected chi connectivity index (χ4v) is 2.71. The molecule has 0 saturated heterocycles. The van der Waals surface area contributed by atoms with Crippen LogP contribution in [0.2, 0.25) is 0 Å². The van der Waals surface area contributed by atoms with Gasteiger partial charge in [-0.2, -0.15) is 0 Å². The maximum absolute atomic E-state index is 11.9. The Labute approximate surface area is 109 Å². The number of hydrogen-bond donors (Lipinski definition) is 0. The highest BCUT2D eigenvalue weighted by atomic mass is 16.6. The minimum absolute atomic E-state index is 0.292. The summed E-state index contributed by atoms with van der Waals surface area (Å²) in [4.78, 5) is 11.9. The van der Waals surface area contributed by atoms with Crippen molar-refractivity contribution in [3.63, 3.8) is 0 Å². The van der Waals surface area contributed by atoms with Crippen LogP contribution in [0.25, 0.3) is 0 Å². The van der Waals surface area contributed by atoms with Crippen LogP contribution >= 0.6 is 0 Å². The van der Waals surface area contributed by atoms with Gasteiger partial charge in [0.2, 0.25) is 0 Å². The predicted octanol–water partition coefficient (Wildman–Crippen LogP) is 3.86. The Morgan fingerprint density at radius 3 is 2.61 bits per heavy atom. The number of carbonyl (C=O) groups is 1. The maximum atomic E-state index is 11.9. The topological polar surface area (TPSA) is 26.3 Å². The maximum Gasteiger partial charge on any atom is 0.333 e. The first-order valence-corrected chi connectivity index (χ1v) is 6.49. The van der Waals surface area contributed by atoms with Crippen LogP contribution in [0.5, 0.6) is 0 Å². The molecule has 0 unspecified atom stereocenters. The van der Waals surface area contributed by atoms with Gasteiger partial charge in [-0.1, -0.05) is 31.4 Å². The van der Waals surface area contributed by atoms with Crippen molar-refractivity contribution in [1.82, 2.24) is 0 Å². The Bertz CT molecular complexity index is 446. The van der Waals surface area contributed by atoms with E-state index in [9.17, 15) is 4.79 Å². The number of hydrogen-bond acceptors (Lipinski definition) is 2. The Kier molecular flexibility index (Phi) is 3.55. The van der Waals surface area contributed by atoms with E-state index in [4.69, 9.17) is 4.74 Å². The van der Waals surface area contributed by atoms with Crippen LogP contribution in [0.3, 0.4) is 0 Å². The van der Waals surface area contributed by atoms with Crippen molar-refractivity contribution in [2.75, 3.05) is 0 Å². The molecule has 2 aliphatic carbocycles. The summed E-state index contributed by atoms with van der Waals surface area (Å²) in [6.45, 7) is 9.46. The molecule has 0 heterocycles. The van der Waals surface area contributed by atoms with E-state index in [1.807, 2.05) is 12.2 Å². The van der Waals surface area contributed by atoms with Crippen LogP contribution in [0.1, 0.15) is 39.0 Å². The van der Waals surface area contributed by atoms with Gasteiger partial charge in [0.1, 0.15) is 5.60 Å². The number of esters is 1. The molecule has 2 heteroatoms. The number of ether oxygens (including phenoxy) is 1. The lowest BCUT2D eigenvalue weighted by Gasteiger charge is -2.33. The van der Waals surface area contributed by atoms with Gasteiger partial charge in [0.15, 0.2) is 0 Å².